The molecule has 2 unspecified atom stereocenters. The number of hydrogen-bond acceptors (Lipinski definition) is 3. The molecule has 2 rings (SSSR count). The third-order valence-electron chi connectivity index (χ3n) is 4.77. The van der Waals surface area contributed by atoms with Gasteiger partial charge in [0.25, 0.3) is 0 Å². The fourth-order valence-corrected chi connectivity index (χ4v) is 4.31. The van der Waals surface area contributed by atoms with Crippen LogP contribution in [0, 0.1) is 0 Å². The third-order valence-corrected chi connectivity index (χ3v) is 5.47. The summed E-state index contributed by atoms with van der Waals surface area (Å²) in [7, 11) is 0. The third kappa shape index (κ3) is 4.52. The molecule has 2 amide bonds. The second-order valence-corrected chi connectivity index (χ2v) is 7.58. The largest absolute Gasteiger partial charge is 0.338 e. The molecular formula is C16H31N3OS. The van der Waals surface area contributed by atoms with E-state index in [-0.39, 0.29) is 6.03 Å². The molecule has 21 heavy (non-hydrogen) atoms. The first-order valence-electron chi connectivity index (χ1n) is 8.42. The van der Waals surface area contributed by atoms with Crippen molar-refractivity contribution < 1.29 is 4.79 Å². The number of carbonyl (C=O) groups is 1. The Hall–Kier alpha value is -0.420. The van der Waals surface area contributed by atoms with Gasteiger partial charge in [-0.2, -0.15) is 11.8 Å². The number of amides is 2. The van der Waals surface area contributed by atoms with Crippen LogP contribution >= 0.6 is 11.8 Å². The van der Waals surface area contributed by atoms with Crippen LogP contribution in [0.1, 0.15) is 46.0 Å². The van der Waals surface area contributed by atoms with Crippen molar-refractivity contribution in [3.63, 3.8) is 0 Å². The summed E-state index contributed by atoms with van der Waals surface area (Å²) < 4.78 is 0. The van der Waals surface area contributed by atoms with Crippen LogP contribution < -0.4 is 5.32 Å². The Labute approximate surface area is 134 Å². The zero-order valence-corrected chi connectivity index (χ0v) is 14.6. The molecule has 2 aliphatic heterocycles. The van der Waals surface area contributed by atoms with Gasteiger partial charge in [0.05, 0.1) is 0 Å². The van der Waals surface area contributed by atoms with Gasteiger partial charge >= 0.3 is 6.03 Å². The predicted octanol–water partition coefficient (Wildman–Crippen LogP) is 2.79. The van der Waals surface area contributed by atoms with Gasteiger partial charge in [0.2, 0.25) is 0 Å². The molecule has 0 aromatic carbocycles. The summed E-state index contributed by atoms with van der Waals surface area (Å²) in [4.78, 5) is 17.0. The lowest BCUT2D eigenvalue weighted by Crippen LogP contribution is -2.46. The van der Waals surface area contributed by atoms with Crippen molar-refractivity contribution in [2.24, 2.45) is 0 Å². The first-order valence-corrected chi connectivity index (χ1v) is 9.82. The lowest BCUT2D eigenvalue weighted by molar-refractivity contribution is 0.147. The number of hydrogen-bond donors (Lipinski definition) is 1. The van der Waals surface area contributed by atoms with Crippen molar-refractivity contribution in [1.82, 2.24) is 15.1 Å². The predicted molar refractivity (Wildman–Crippen MR) is 91.0 cm³/mol. The van der Waals surface area contributed by atoms with Gasteiger partial charge in [-0.05, 0) is 58.0 Å². The van der Waals surface area contributed by atoms with Crippen LogP contribution in [0.25, 0.3) is 0 Å². The molecule has 0 aliphatic carbocycles. The van der Waals surface area contributed by atoms with Gasteiger partial charge in [-0.15, -0.1) is 0 Å². The van der Waals surface area contributed by atoms with E-state index >= 15 is 0 Å². The van der Waals surface area contributed by atoms with Crippen molar-refractivity contribution in [1.29, 1.82) is 0 Å². The number of nitrogens with one attached hydrogen (secondary N) is 1. The Morgan fingerprint density at radius 2 is 2.00 bits per heavy atom. The maximum absolute atomic E-state index is 12.3. The molecule has 5 heteroatoms. The molecule has 2 bridgehead atoms. The van der Waals surface area contributed by atoms with Gasteiger partial charge in [0, 0.05) is 37.8 Å². The highest BCUT2D eigenvalue weighted by atomic mass is 32.2. The highest BCUT2D eigenvalue weighted by Crippen LogP contribution is 2.31. The Kier molecular flexibility index (Phi) is 6.68. The number of fused-ring (bicyclic) bond motifs is 2. The fraction of sp³-hybridized carbons (Fsp3) is 0.938. The van der Waals surface area contributed by atoms with Crippen molar-refractivity contribution in [2.45, 2.75) is 64.1 Å². The highest BCUT2D eigenvalue weighted by molar-refractivity contribution is 7.98. The van der Waals surface area contributed by atoms with E-state index < -0.39 is 0 Å². The fourth-order valence-electron chi connectivity index (χ4n) is 3.82. The zero-order valence-electron chi connectivity index (χ0n) is 13.8. The lowest BCUT2D eigenvalue weighted by atomic mass is 10.1. The Morgan fingerprint density at radius 1 is 1.24 bits per heavy atom. The average molecular weight is 314 g/mol. The van der Waals surface area contributed by atoms with Crippen molar-refractivity contribution in [3.8, 4) is 0 Å². The Balaban J connectivity index is 1.78. The average Bonchev–Trinajstić information content (AvgIpc) is 2.73. The minimum absolute atomic E-state index is 0.149. The SMILES string of the molecule is CSCCCCNC(=O)N1CCC2CCC(C1)N2C(C)C. The molecule has 122 valence electrons. The van der Waals surface area contributed by atoms with E-state index in [1.54, 1.807) is 0 Å². The van der Waals surface area contributed by atoms with E-state index in [1.807, 2.05) is 16.7 Å². The molecule has 4 nitrogen and oxygen atoms in total. The van der Waals surface area contributed by atoms with Crippen molar-refractivity contribution in [2.75, 3.05) is 31.6 Å². The van der Waals surface area contributed by atoms with Crippen LogP contribution in [0.5, 0.6) is 0 Å². The summed E-state index contributed by atoms with van der Waals surface area (Å²) in [6, 6.07) is 2.00. The van der Waals surface area contributed by atoms with Crippen molar-refractivity contribution >= 4 is 17.8 Å². The number of rotatable bonds is 6. The maximum atomic E-state index is 12.3. The number of carbonyl (C=O) groups excluding carboxylic acids is 1. The quantitative estimate of drug-likeness (QED) is 0.766. The Bertz CT molecular complexity index is 337. The van der Waals surface area contributed by atoms with Crippen LogP contribution in [0.4, 0.5) is 4.79 Å². The summed E-state index contributed by atoms with van der Waals surface area (Å²) in [5.41, 5.74) is 0. The molecular weight excluding hydrogens is 282 g/mol. The minimum atomic E-state index is 0.149. The number of unbranched alkanes of at least 4 members (excludes halogenated alkanes) is 1. The molecule has 0 spiro atoms. The molecule has 2 heterocycles. The first-order chi connectivity index (χ1) is 10.1. The zero-order chi connectivity index (χ0) is 15.2. The van der Waals surface area contributed by atoms with Crippen LogP contribution in [0.15, 0.2) is 0 Å². The second-order valence-electron chi connectivity index (χ2n) is 6.59. The summed E-state index contributed by atoms with van der Waals surface area (Å²) in [5.74, 6) is 1.19. The minimum Gasteiger partial charge on any atom is -0.338 e. The van der Waals surface area contributed by atoms with Gasteiger partial charge in [0.1, 0.15) is 0 Å². The number of thioether (sulfide) groups is 1. The number of nitrogens with zero attached hydrogens (tertiary/aromatic N) is 2. The van der Waals surface area contributed by atoms with Gasteiger partial charge in [0.15, 0.2) is 0 Å². The van der Waals surface area contributed by atoms with Crippen LogP contribution in [0.2, 0.25) is 0 Å². The molecule has 0 aromatic heterocycles. The summed E-state index contributed by atoms with van der Waals surface area (Å²) >= 11 is 1.87. The molecule has 2 saturated heterocycles. The van der Waals surface area contributed by atoms with E-state index in [4.69, 9.17) is 0 Å². The van der Waals surface area contributed by atoms with Gasteiger partial charge in [-0.3, -0.25) is 4.90 Å². The molecule has 1 N–H and O–H groups in total. The van der Waals surface area contributed by atoms with Crippen LogP contribution in [-0.2, 0) is 0 Å². The number of urea groups is 1. The second kappa shape index (κ2) is 8.28. The molecule has 2 fully saturated rings. The van der Waals surface area contributed by atoms with Crippen molar-refractivity contribution in [3.05, 3.63) is 0 Å². The topological polar surface area (TPSA) is 35.6 Å². The molecule has 2 aliphatic rings. The Morgan fingerprint density at radius 3 is 2.71 bits per heavy atom. The smallest absolute Gasteiger partial charge is 0.317 e. The van der Waals surface area contributed by atoms with Gasteiger partial charge in [-0.1, -0.05) is 0 Å². The molecule has 0 radical (unpaired) electrons. The summed E-state index contributed by atoms with van der Waals surface area (Å²) in [6.45, 7) is 7.21. The van der Waals surface area contributed by atoms with E-state index in [9.17, 15) is 4.79 Å². The first kappa shape index (κ1) is 16.9. The molecule has 2 atom stereocenters. The van der Waals surface area contributed by atoms with E-state index in [1.165, 1.54) is 25.0 Å². The normalized spacial score (nSPS) is 26.2. The standard InChI is InChI=1S/C16H31N3OS/c1-13(2)19-14-6-7-15(19)12-18(10-8-14)16(20)17-9-4-5-11-21-3/h13-15H,4-12H2,1-3H3,(H,17,20). The van der Waals surface area contributed by atoms with Crippen LogP contribution in [0.3, 0.4) is 0 Å². The van der Waals surface area contributed by atoms with E-state index in [0.717, 1.165) is 32.5 Å². The lowest BCUT2D eigenvalue weighted by Gasteiger charge is -2.32. The van der Waals surface area contributed by atoms with E-state index in [0.29, 0.717) is 18.1 Å². The highest BCUT2D eigenvalue weighted by Gasteiger charge is 2.39. The maximum Gasteiger partial charge on any atom is 0.317 e. The van der Waals surface area contributed by atoms with E-state index in [2.05, 4.69) is 30.3 Å². The number of likely N-dealkylation sites (tertiary alicyclic amines) is 1. The molecule has 0 saturated carbocycles. The summed E-state index contributed by atoms with van der Waals surface area (Å²) in [6.07, 6.45) is 8.10. The summed E-state index contributed by atoms with van der Waals surface area (Å²) in [5, 5.41) is 3.10. The van der Waals surface area contributed by atoms with Gasteiger partial charge < -0.3 is 10.2 Å². The van der Waals surface area contributed by atoms with Crippen LogP contribution in [-0.4, -0.2) is 65.6 Å². The van der Waals surface area contributed by atoms with Gasteiger partial charge in [-0.25, -0.2) is 4.79 Å². The monoisotopic (exact) mass is 313 g/mol. The molecule has 0 aromatic rings.